The fraction of sp³-hybridized carbons (Fsp3) is 0.0476. The molecule has 2 aromatic carbocycles. The Kier molecular flexibility index (Phi) is 3.36. The van der Waals surface area contributed by atoms with E-state index >= 15 is 0 Å². The van der Waals surface area contributed by atoms with Gasteiger partial charge in [-0.3, -0.25) is 4.79 Å². The predicted octanol–water partition coefficient (Wildman–Crippen LogP) is 4.06. The van der Waals surface area contributed by atoms with Gasteiger partial charge in [0.05, 0.1) is 35.1 Å². The highest BCUT2D eigenvalue weighted by molar-refractivity contribution is 6.37. The van der Waals surface area contributed by atoms with Gasteiger partial charge >= 0.3 is 0 Å². The number of rotatable bonds is 3. The number of ether oxygens (including phenoxy) is 1. The average Bonchev–Trinajstić information content (AvgIpc) is 3.39. The van der Waals surface area contributed by atoms with Crippen LogP contribution in [0.3, 0.4) is 0 Å². The molecule has 0 unspecified atom stereocenters. The van der Waals surface area contributed by atoms with Gasteiger partial charge in [-0.2, -0.15) is 0 Å². The monoisotopic (exact) mass is 356 g/mol. The number of nitrogens with zero attached hydrogens (tertiary/aromatic N) is 1. The highest BCUT2D eigenvalue weighted by Gasteiger charge is 2.28. The number of benzene rings is 2. The highest BCUT2D eigenvalue weighted by atomic mass is 16.5. The Morgan fingerprint density at radius 1 is 1.07 bits per heavy atom. The van der Waals surface area contributed by atoms with E-state index < -0.39 is 0 Å². The van der Waals surface area contributed by atoms with Gasteiger partial charge in [0.1, 0.15) is 11.6 Å². The molecule has 0 saturated carbocycles. The van der Waals surface area contributed by atoms with Crippen LogP contribution in [0.25, 0.3) is 34.1 Å². The number of carbonyl (C=O) groups excluding carboxylic acids is 1. The minimum atomic E-state index is -0.154. The Morgan fingerprint density at radius 3 is 2.74 bits per heavy atom. The number of hydrogen-bond acceptors (Lipinski definition) is 3. The first kappa shape index (κ1) is 15.5. The van der Waals surface area contributed by atoms with E-state index in [4.69, 9.17) is 9.72 Å². The van der Waals surface area contributed by atoms with Crippen molar-refractivity contribution in [1.29, 1.82) is 0 Å². The van der Waals surface area contributed by atoms with Crippen LogP contribution in [-0.4, -0.2) is 28.0 Å². The van der Waals surface area contributed by atoms with Crippen LogP contribution in [0.1, 0.15) is 11.3 Å². The molecule has 0 fully saturated rings. The first-order valence-corrected chi connectivity index (χ1v) is 8.57. The molecule has 6 nitrogen and oxygen atoms in total. The van der Waals surface area contributed by atoms with Crippen LogP contribution in [0.5, 0.6) is 5.75 Å². The summed E-state index contributed by atoms with van der Waals surface area (Å²) >= 11 is 0. The van der Waals surface area contributed by atoms with Crippen molar-refractivity contribution in [3.63, 3.8) is 0 Å². The number of aromatic nitrogens is 3. The number of fused-ring (bicyclic) bond motifs is 3. The summed E-state index contributed by atoms with van der Waals surface area (Å²) in [6.07, 6.45) is 3.58. The van der Waals surface area contributed by atoms with Gasteiger partial charge in [0.15, 0.2) is 0 Å². The summed E-state index contributed by atoms with van der Waals surface area (Å²) in [6.45, 7) is 0. The van der Waals surface area contributed by atoms with E-state index in [2.05, 4.69) is 15.3 Å². The van der Waals surface area contributed by atoms with Gasteiger partial charge < -0.3 is 20.0 Å². The highest BCUT2D eigenvalue weighted by Crippen LogP contribution is 2.39. The summed E-state index contributed by atoms with van der Waals surface area (Å²) in [7, 11) is 1.60. The molecule has 0 aliphatic carbocycles. The van der Waals surface area contributed by atoms with Gasteiger partial charge in [-0.1, -0.05) is 30.3 Å². The third-order valence-electron chi connectivity index (χ3n) is 4.71. The van der Waals surface area contributed by atoms with Crippen molar-refractivity contribution in [2.45, 2.75) is 0 Å². The van der Waals surface area contributed by atoms with Crippen molar-refractivity contribution in [3.8, 4) is 17.1 Å². The lowest BCUT2D eigenvalue weighted by Gasteiger charge is -2.01. The third-order valence-corrected chi connectivity index (χ3v) is 4.71. The molecule has 4 aromatic rings. The molecule has 1 aliphatic heterocycles. The summed E-state index contributed by atoms with van der Waals surface area (Å²) in [6, 6.07) is 15.6. The Labute approximate surface area is 154 Å². The maximum atomic E-state index is 12.6. The third kappa shape index (κ3) is 2.42. The van der Waals surface area contributed by atoms with Gasteiger partial charge in [-0.05, 0) is 24.3 Å². The zero-order chi connectivity index (χ0) is 18.4. The van der Waals surface area contributed by atoms with Gasteiger partial charge in [-0.25, -0.2) is 4.98 Å². The van der Waals surface area contributed by atoms with Crippen molar-refractivity contribution >= 4 is 34.3 Å². The SMILES string of the molecule is COc1cc[nH]c1/C=C1/C(=O)Nc2ccc3[nH]c(-c4ccccc4)nc3c21. The molecule has 0 spiro atoms. The number of methoxy groups -OCH3 is 1. The molecule has 3 N–H and O–H groups in total. The first-order valence-electron chi connectivity index (χ1n) is 8.57. The van der Waals surface area contributed by atoms with Gasteiger partial charge in [-0.15, -0.1) is 0 Å². The smallest absolute Gasteiger partial charge is 0.256 e. The summed E-state index contributed by atoms with van der Waals surface area (Å²) in [5, 5.41) is 2.92. The largest absolute Gasteiger partial charge is 0.495 e. The van der Waals surface area contributed by atoms with Crippen LogP contribution in [0.2, 0.25) is 0 Å². The van der Waals surface area contributed by atoms with Crippen LogP contribution in [-0.2, 0) is 4.79 Å². The van der Waals surface area contributed by atoms with Gasteiger partial charge in [0.25, 0.3) is 5.91 Å². The number of imidazole rings is 1. The Bertz CT molecular complexity index is 1200. The number of amides is 1. The van der Waals surface area contributed by atoms with Gasteiger partial charge in [0, 0.05) is 17.3 Å². The maximum Gasteiger partial charge on any atom is 0.256 e. The van der Waals surface area contributed by atoms with E-state index in [1.165, 1.54) is 0 Å². The summed E-state index contributed by atoms with van der Waals surface area (Å²) in [5.41, 5.74) is 5.50. The zero-order valence-corrected chi connectivity index (χ0v) is 14.5. The van der Waals surface area contributed by atoms with E-state index in [-0.39, 0.29) is 5.91 Å². The lowest BCUT2D eigenvalue weighted by molar-refractivity contribution is -0.110. The number of anilines is 1. The summed E-state index contributed by atoms with van der Waals surface area (Å²) in [4.78, 5) is 23.8. The minimum absolute atomic E-state index is 0.154. The molecule has 0 atom stereocenters. The molecule has 0 bridgehead atoms. The number of nitrogens with one attached hydrogen (secondary N) is 3. The van der Waals surface area contributed by atoms with Crippen molar-refractivity contribution < 1.29 is 9.53 Å². The number of aromatic amines is 2. The molecular formula is C21H16N4O2. The van der Waals surface area contributed by atoms with Crippen LogP contribution in [0, 0.1) is 0 Å². The van der Waals surface area contributed by atoms with E-state index in [1.807, 2.05) is 48.5 Å². The molecular weight excluding hydrogens is 340 g/mol. The lowest BCUT2D eigenvalue weighted by atomic mass is 10.0. The number of hydrogen-bond donors (Lipinski definition) is 3. The van der Waals surface area contributed by atoms with Crippen molar-refractivity contribution in [1.82, 2.24) is 15.0 Å². The second-order valence-corrected chi connectivity index (χ2v) is 6.31. The first-order chi connectivity index (χ1) is 13.2. The van der Waals surface area contributed by atoms with E-state index in [0.29, 0.717) is 11.3 Å². The molecule has 2 aromatic heterocycles. The predicted molar refractivity (Wildman–Crippen MR) is 105 cm³/mol. The van der Waals surface area contributed by atoms with Crippen molar-refractivity contribution in [3.05, 3.63) is 66.0 Å². The molecule has 0 radical (unpaired) electrons. The van der Waals surface area contributed by atoms with E-state index in [0.717, 1.165) is 39.4 Å². The average molecular weight is 356 g/mol. The van der Waals surface area contributed by atoms with Crippen molar-refractivity contribution in [2.75, 3.05) is 12.4 Å². The standard InChI is InChI=1S/C21H16N4O2/c1-27-17-9-10-22-16(17)11-13-18-14(24-21(13)26)7-8-15-19(18)25-20(23-15)12-5-3-2-4-6-12/h2-11,22H,1H3,(H,23,25)(H,24,26)/b13-11+. The Morgan fingerprint density at radius 2 is 1.93 bits per heavy atom. The molecule has 0 saturated heterocycles. The van der Waals surface area contributed by atoms with E-state index in [1.54, 1.807) is 19.4 Å². The van der Waals surface area contributed by atoms with Crippen LogP contribution in [0.4, 0.5) is 5.69 Å². The minimum Gasteiger partial charge on any atom is -0.495 e. The van der Waals surface area contributed by atoms with Crippen molar-refractivity contribution in [2.24, 2.45) is 0 Å². The topological polar surface area (TPSA) is 82.8 Å². The quantitative estimate of drug-likeness (QED) is 0.484. The van der Waals surface area contributed by atoms with Crippen LogP contribution >= 0.6 is 0 Å². The maximum absolute atomic E-state index is 12.6. The molecule has 6 heteroatoms. The van der Waals surface area contributed by atoms with Crippen LogP contribution < -0.4 is 10.1 Å². The fourth-order valence-corrected chi connectivity index (χ4v) is 3.43. The fourth-order valence-electron chi connectivity index (χ4n) is 3.43. The Balaban J connectivity index is 1.71. The molecule has 132 valence electrons. The molecule has 27 heavy (non-hydrogen) atoms. The number of carbonyl (C=O) groups is 1. The normalized spacial score (nSPS) is 14.6. The molecule has 1 amide bonds. The van der Waals surface area contributed by atoms with Gasteiger partial charge in [0.2, 0.25) is 0 Å². The zero-order valence-electron chi connectivity index (χ0n) is 14.5. The molecule has 5 rings (SSSR count). The molecule has 1 aliphatic rings. The Hall–Kier alpha value is -3.80. The molecule has 3 heterocycles. The lowest BCUT2D eigenvalue weighted by Crippen LogP contribution is -2.03. The second kappa shape index (κ2) is 5.88. The summed E-state index contributed by atoms with van der Waals surface area (Å²) in [5.74, 6) is 1.30. The summed E-state index contributed by atoms with van der Waals surface area (Å²) < 4.78 is 5.34. The van der Waals surface area contributed by atoms with E-state index in [9.17, 15) is 4.79 Å². The van der Waals surface area contributed by atoms with Crippen LogP contribution in [0.15, 0.2) is 54.7 Å². The number of H-pyrrole nitrogens is 2. The second-order valence-electron chi connectivity index (χ2n) is 6.31.